The Kier molecular flexibility index (Phi) is 3.67. The van der Waals surface area contributed by atoms with Crippen LogP contribution >= 0.6 is 0 Å². The molecular weight excluding hydrogens is 357 g/mol. The summed E-state index contributed by atoms with van der Waals surface area (Å²) < 4.78 is 43.9. The second-order valence-electron chi connectivity index (χ2n) is 8.02. The number of nitrogens with two attached hydrogens (primary N) is 1. The minimum Gasteiger partial charge on any atom is -0.402 e. The third-order valence-corrected chi connectivity index (χ3v) is 6.09. The van der Waals surface area contributed by atoms with Crippen LogP contribution < -0.4 is 10.5 Å². The number of hydrogen-bond donors (Lipinski definition) is 1. The lowest BCUT2D eigenvalue weighted by molar-refractivity contribution is -0.274. The van der Waals surface area contributed by atoms with Gasteiger partial charge in [-0.25, -0.2) is 4.98 Å². The molecule has 8 heteroatoms. The van der Waals surface area contributed by atoms with E-state index >= 15 is 0 Å². The molecule has 0 saturated heterocycles. The maximum atomic E-state index is 12.6. The van der Waals surface area contributed by atoms with Gasteiger partial charge in [0.25, 0.3) is 0 Å². The number of nitrogens with zero attached hydrogens (tertiary/aromatic N) is 3. The van der Waals surface area contributed by atoms with Gasteiger partial charge in [-0.1, -0.05) is 6.42 Å². The SMILES string of the molecule is Nc1ncc(-c2cc(C3C4CCCC43)n(CC3CC3)n2)cc1OC(F)(F)F. The molecule has 0 spiro atoms. The summed E-state index contributed by atoms with van der Waals surface area (Å²) in [6, 6.07) is 3.30. The maximum absolute atomic E-state index is 12.6. The Hall–Kier alpha value is -2.25. The van der Waals surface area contributed by atoms with Crippen molar-refractivity contribution < 1.29 is 17.9 Å². The molecule has 2 heterocycles. The fourth-order valence-corrected chi connectivity index (χ4v) is 4.59. The van der Waals surface area contributed by atoms with Crippen LogP contribution in [-0.2, 0) is 6.54 Å². The van der Waals surface area contributed by atoms with E-state index in [1.807, 2.05) is 6.07 Å². The molecule has 2 aromatic heterocycles. The van der Waals surface area contributed by atoms with Gasteiger partial charge < -0.3 is 10.5 Å². The zero-order chi connectivity index (χ0) is 18.8. The number of aromatic nitrogens is 3. The summed E-state index contributed by atoms with van der Waals surface area (Å²) in [4.78, 5) is 3.87. The topological polar surface area (TPSA) is 66.0 Å². The summed E-state index contributed by atoms with van der Waals surface area (Å²) >= 11 is 0. The van der Waals surface area contributed by atoms with Crippen LogP contribution in [0.2, 0.25) is 0 Å². The summed E-state index contributed by atoms with van der Waals surface area (Å²) in [5.74, 6) is 1.95. The predicted octanol–water partition coefficient (Wildman–Crippen LogP) is 4.35. The van der Waals surface area contributed by atoms with Crippen LogP contribution in [0.3, 0.4) is 0 Å². The summed E-state index contributed by atoms with van der Waals surface area (Å²) in [7, 11) is 0. The Labute approximate surface area is 154 Å². The molecule has 5 rings (SSSR count). The molecular formula is C19H21F3N4O. The van der Waals surface area contributed by atoms with Crippen molar-refractivity contribution in [2.75, 3.05) is 5.73 Å². The normalized spacial score (nSPS) is 26.9. The van der Waals surface area contributed by atoms with Crippen LogP contribution in [-0.4, -0.2) is 21.1 Å². The summed E-state index contributed by atoms with van der Waals surface area (Å²) in [6.45, 7) is 0.888. The molecule has 2 atom stereocenters. The van der Waals surface area contributed by atoms with Crippen molar-refractivity contribution in [1.29, 1.82) is 0 Å². The van der Waals surface area contributed by atoms with Gasteiger partial charge in [0.05, 0.1) is 5.69 Å². The zero-order valence-corrected chi connectivity index (χ0v) is 14.7. The third-order valence-electron chi connectivity index (χ3n) is 6.09. The first-order chi connectivity index (χ1) is 12.9. The molecule has 2 aromatic rings. The zero-order valence-electron chi connectivity index (χ0n) is 14.7. The van der Waals surface area contributed by atoms with Gasteiger partial charge in [-0.15, -0.1) is 13.2 Å². The van der Waals surface area contributed by atoms with E-state index in [0.717, 1.165) is 18.4 Å². The van der Waals surface area contributed by atoms with E-state index in [-0.39, 0.29) is 5.82 Å². The molecule has 0 aliphatic heterocycles. The van der Waals surface area contributed by atoms with Gasteiger partial charge in [0.15, 0.2) is 11.6 Å². The highest BCUT2D eigenvalue weighted by atomic mass is 19.4. The van der Waals surface area contributed by atoms with Crippen molar-refractivity contribution in [1.82, 2.24) is 14.8 Å². The van der Waals surface area contributed by atoms with E-state index in [0.29, 0.717) is 23.1 Å². The highest BCUT2D eigenvalue weighted by molar-refractivity contribution is 5.64. The van der Waals surface area contributed by atoms with Gasteiger partial charge in [0, 0.05) is 29.9 Å². The molecule has 5 nitrogen and oxygen atoms in total. The highest BCUT2D eigenvalue weighted by Crippen LogP contribution is 2.63. The predicted molar refractivity (Wildman–Crippen MR) is 92.8 cm³/mol. The average Bonchev–Trinajstić information content (AvgIpc) is 3.43. The van der Waals surface area contributed by atoms with Crippen molar-refractivity contribution in [3.05, 3.63) is 24.0 Å². The van der Waals surface area contributed by atoms with Crippen molar-refractivity contribution in [2.24, 2.45) is 17.8 Å². The van der Waals surface area contributed by atoms with Crippen LogP contribution in [0.25, 0.3) is 11.3 Å². The van der Waals surface area contributed by atoms with Gasteiger partial charge in [0.1, 0.15) is 0 Å². The number of fused-ring (bicyclic) bond motifs is 1. The molecule has 2 unspecified atom stereocenters. The van der Waals surface area contributed by atoms with E-state index < -0.39 is 12.1 Å². The van der Waals surface area contributed by atoms with Crippen molar-refractivity contribution in [3.63, 3.8) is 0 Å². The van der Waals surface area contributed by atoms with Crippen LogP contribution in [0.15, 0.2) is 18.3 Å². The fraction of sp³-hybridized carbons (Fsp3) is 0.579. The first-order valence-electron chi connectivity index (χ1n) is 9.48. The summed E-state index contributed by atoms with van der Waals surface area (Å²) in [5.41, 5.74) is 7.89. The molecule has 0 aromatic carbocycles. The standard InChI is InChI=1S/C19H21F3N4O/c20-19(21,22)27-16-6-11(8-24-18(16)23)14-7-15(17-12-2-1-3-13(12)17)26(25-14)9-10-4-5-10/h6-8,10,12-13,17H,1-5,9H2,(H2,23,24). The second-order valence-corrected chi connectivity index (χ2v) is 8.02. The molecule has 3 fully saturated rings. The molecule has 3 saturated carbocycles. The lowest BCUT2D eigenvalue weighted by Crippen LogP contribution is -2.18. The van der Waals surface area contributed by atoms with Gasteiger partial charge in [-0.3, -0.25) is 4.68 Å². The van der Waals surface area contributed by atoms with E-state index in [4.69, 9.17) is 10.8 Å². The van der Waals surface area contributed by atoms with E-state index in [1.54, 1.807) is 0 Å². The molecule has 2 N–H and O–H groups in total. The Morgan fingerprint density at radius 2 is 1.89 bits per heavy atom. The summed E-state index contributed by atoms with van der Waals surface area (Å²) in [6.07, 6.45) is 2.93. The minimum absolute atomic E-state index is 0.287. The third kappa shape index (κ3) is 3.26. The number of anilines is 1. The van der Waals surface area contributed by atoms with Crippen molar-refractivity contribution in [2.45, 2.75) is 50.9 Å². The lowest BCUT2D eigenvalue weighted by atomic mass is 10.1. The van der Waals surface area contributed by atoms with Crippen LogP contribution in [0.1, 0.15) is 43.7 Å². The molecule has 144 valence electrons. The number of alkyl halides is 3. The molecule has 0 bridgehead atoms. The Bertz CT molecular complexity index is 864. The van der Waals surface area contributed by atoms with Crippen LogP contribution in [0.4, 0.5) is 19.0 Å². The molecule has 0 amide bonds. The lowest BCUT2D eigenvalue weighted by Gasteiger charge is -2.11. The van der Waals surface area contributed by atoms with Gasteiger partial charge in [-0.2, -0.15) is 5.10 Å². The highest BCUT2D eigenvalue weighted by Gasteiger charge is 2.54. The molecule has 0 radical (unpaired) electrons. The van der Waals surface area contributed by atoms with Gasteiger partial charge in [0.2, 0.25) is 0 Å². The smallest absolute Gasteiger partial charge is 0.402 e. The second kappa shape index (κ2) is 5.87. The number of ether oxygens (including phenoxy) is 1. The molecule has 3 aliphatic carbocycles. The largest absolute Gasteiger partial charge is 0.573 e. The summed E-state index contributed by atoms with van der Waals surface area (Å²) in [5, 5.41) is 4.72. The van der Waals surface area contributed by atoms with Crippen molar-refractivity contribution in [3.8, 4) is 17.0 Å². The van der Waals surface area contributed by atoms with Gasteiger partial charge >= 0.3 is 6.36 Å². The van der Waals surface area contributed by atoms with Crippen molar-refractivity contribution >= 4 is 5.82 Å². The molecule has 3 aliphatic rings. The minimum atomic E-state index is -4.81. The number of hydrogen-bond acceptors (Lipinski definition) is 4. The van der Waals surface area contributed by atoms with E-state index in [1.165, 1.54) is 50.1 Å². The molecule has 27 heavy (non-hydrogen) atoms. The number of halogens is 3. The quantitative estimate of drug-likeness (QED) is 0.840. The fourth-order valence-electron chi connectivity index (χ4n) is 4.59. The average molecular weight is 378 g/mol. The number of nitrogen functional groups attached to an aromatic ring is 1. The Balaban J connectivity index is 1.48. The Morgan fingerprint density at radius 3 is 2.56 bits per heavy atom. The van der Waals surface area contributed by atoms with E-state index in [9.17, 15) is 13.2 Å². The van der Waals surface area contributed by atoms with E-state index in [2.05, 4.69) is 14.4 Å². The number of pyridine rings is 1. The van der Waals surface area contributed by atoms with Gasteiger partial charge in [-0.05, 0) is 55.6 Å². The first-order valence-corrected chi connectivity index (χ1v) is 9.48. The van der Waals surface area contributed by atoms with Crippen LogP contribution in [0.5, 0.6) is 5.75 Å². The first kappa shape index (κ1) is 16.9. The van der Waals surface area contributed by atoms with Crippen LogP contribution in [0, 0.1) is 17.8 Å². The monoisotopic (exact) mass is 378 g/mol. The Morgan fingerprint density at radius 1 is 1.15 bits per heavy atom. The maximum Gasteiger partial charge on any atom is 0.573 e. The number of rotatable bonds is 5.